The van der Waals surface area contributed by atoms with Crippen molar-refractivity contribution in [2.45, 2.75) is 58.7 Å². The molecule has 0 spiro atoms. The number of hydrogen-bond donors (Lipinski definition) is 2. The normalized spacial score (nSPS) is 23.6. The minimum Gasteiger partial charge on any atom is -0.508 e. The van der Waals surface area contributed by atoms with E-state index in [9.17, 15) is 5.11 Å². The predicted octanol–water partition coefficient (Wildman–Crippen LogP) is 3.38. The fourth-order valence-corrected chi connectivity index (χ4v) is 3.33. The van der Waals surface area contributed by atoms with E-state index in [1.807, 2.05) is 12.1 Å². The van der Waals surface area contributed by atoms with Gasteiger partial charge in [-0.15, -0.1) is 0 Å². The molecule has 3 nitrogen and oxygen atoms in total. The van der Waals surface area contributed by atoms with Gasteiger partial charge in [-0.05, 0) is 36.5 Å². The number of benzene rings is 1. The molecule has 1 heterocycles. The number of phenols is 1. The fraction of sp³-hybridized carbons (Fsp3) is 0.667. The Labute approximate surface area is 129 Å². The molecular weight excluding hydrogens is 260 g/mol. The molecule has 1 saturated heterocycles. The minimum atomic E-state index is 0.369. The molecule has 0 amide bonds. The number of phenolic OH excluding ortho intramolecular Hbond substituents is 1. The average molecular weight is 290 g/mol. The van der Waals surface area contributed by atoms with Crippen molar-refractivity contribution in [3.63, 3.8) is 0 Å². The highest BCUT2D eigenvalue weighted by molar-refractivity contribution is 5.27. The minimum absolute atomic E-state index is 0.369. The van der Waals surface area contributed by atoms with Crippen LogP contribution in [0, 0.1) is 5.92 Å². The molecule has 0 aliphatic carbocycles. The van der Waals surface area contributed by atoms with E-state index in [0.717, 1.165) is 19.6 Å². The summed E-state index contributed by atoms with van der Waals surface area (Å²) in [7, 11) is 0. The molecule has 2 N–H and O–H groups in total. The molecule has 2 unspecified atom stereocenters. The molecule has 21 heavy (non-hydrogen) atoms. The lowest BCUT2D eigenvalue weighted by molar-refractivity contribution is 0.103. The summed E-state index contributed by atoms with van der Waals surface area (Å²) < 4.78 is 0. The van der Waals surface area contributed by atoms with Gasteiger partial charge in [-0.1, -0.05) is 39.3 Å². The number of nitrogens with zero attached hydrogens (tertiary/aromatic N) is 1. The lowest BCUT2D eigenvalue weighted by Gasteiger charge is -2.41. The summed E-state index contributed by atoms with van der Waals surface area (Å²) in [5, 5.41) is 13.4. The van der Waals surface area contributed by atoms with Crippen molar-refractivity contribution in [2.24, 2.45) is 5.92 Å². The first-order valence-corrected chi connectivity index (χ1v) is 8.33. The van der Waals surface area contributed by atoms with Crippen molar-refractivity contribution in [3.05, 3.63) is 29.8 Å². The van der Waals surface area contributed by atoms with E-state index in [4.69, 9.17) is 0 Å². The molecule has 1 aliphatic heterocycles. The predicted molar refractivity (Wildman–Crippen MR) is 88.5 cm³/mol. The summed E-state index contributed by atoms with van der Waals surface area (Å²) in [6, 6.07) is 8.89. The Bertz CT molecular complexity index is 433. The first-order valence-electron chi connectivity index (χ1n) is 8.33. The Morgan fingerprint density at radius 2 is 2.19 bits per heavy atom. The summed E-state index contributed by atoms with van der Waals surface area (Å²) in [6.07, 6.45) is 3.70. The standard InChI is InChI=1S/C18H30N2O/c1-4-6-16-13-20(17(11-19-16)9-14(2)3)12-15-7-5-8-18(21)10-15/h5,7-8,10,14,16-17,19,21H,4,6,9,11-13H2,1-3H3. The second-order valence-corrected chi connectivity index (χ2v) is 6.78. The van der Waals surface area contributed by atoms with E-state index in [0.29, 0.717) is 23.8 Å². The molecule has 3 heteroatoms. The summed E-state index contributed by atoms with van der Waals surface area (Å²) in [5.74, 6) is 1.08. The van der Waals surface area contributed by atoms with Gasteiger partial charge in [0, 0.05) is 31.7 Å². The molecular formula is C18H30N2O. The van der Waals surface area contributed by atoms with E-state index in [-0.39, 0.29) is 0 Å². The highest BCUT2D eigenvalue weighted by Gasteiger charge is 2.27. The number of hydrogen-bond acceptors (Lipinski definition) is 3. The molecule has 2 rings (SSSR count). The van der Waals surface area contributed by atoms with Gasteiger partial charge in [-0.2, -0.15) is 0 Å². The molecule has 1 aromatic carbocycles. The first kappa shape index (κ1) is 16.3. The Hall–Kier alpha value is -1.06. The van der Waals surface area contributed by atoms with Crippen LogP contribution in [-0.2, 0) is 6.54 Å². The lowest BCUT2D eigenvalue weighted by Crippen LogP contribution is -2.56. The summed E-state index contributed by atoms with van der Waals surface area (Å²) in [4.78, 5) is 2.60. The SMILES string of the molecule is CCCC1CN(Cc2cccc(O)c2)C(CC(C)C)CN1. The van der Waals surface area contributed by atoms with Crippen LogP contribution >= 0.6 is 0 Å². The van der Waals surface area contributed by atoms with Crippen molar-refractivity contribution < 1.29 is 5.11 Å². The summed E-state index contributed by atoms with van der Waals surface area (Å²) in [5.41, 5.74) is 1.21. The quantitative estimate of drug-likeness (QED) is 0.843. The van der Waals surface area contributed by atoms with Gasteiger partial charge in [0.05, 0.1) is 0 Å². The molecule has 0 radical (unpaired) electrons. The zero-order valence-corrected chi connectivity index (χ0v) is 13.7. The van der Waals surface area contributed by atoms with Crippen LogP contribution in [0.3, 0.4) is 0 Å². The number of rotatable bonds is 6. The van der Waals surface area contributed by atoms with Gasteiger partial charge >= 0.3 is 0 Å². The van der Waals surface area contributed by atoms with Crippen LogP contribution in [0.15, 0.2) is 24.3 Å². The average Bonchev–Trinajstić information content (AvgIpc) is 2.41. The molecule has 0 bridgehead atoms. The largest absolute Gasteiger partial charge is 0.508 e. The highest BCUT2D eigenvalue weighted by Crippen LogP contribution is 2.21. The fourth-order valence-electron chi connectivity index (χ4n) is 3.33. The van der Waals surface area contributed by atoms with Gasteiger partial charge in [0.15, 0.2) is 0 Å². The van der Waals surface area contributed by atoms with Crippen LogP contribution in [0.2, 0.25) is 0 Å². The Morgan fingerprint density at radius 3 is 2.86 bits per heavy atom. The van der Waals surface area contributed by atoms with Crippen LogP contribution in [-0.4, -0.2) is 35.2 Å². The number of piperazine rings is 1. The second-order valence-electron chi connectivity index (χ2n) is 6.78. The molecule has 0 aromatic heterocycles. The van der Waals surface area contributed by atoms with Crippen molar-refractivity contribution in [3.8, 4) is 5.75 Å². The summed E-state index contributed by atoms with van der Waals surface area (Å²) >= 11 is 0. The molecule has 1 fully saturated rings. The Balaban J connectivity index is 2.05. The molecule has 1 aromatic rings. The van der Waals surface area contributed by atoms with Crippen LogP contribution in [0.25, 0.3) is 0 Å². The highest BCUT2D eigenvalue weighted by atomic mass is 16.3. The maximum atomic E-state index is 9.66. The van der Waals surface area contributed by atoms with Crippen LogP contribution in [0.1, 0.15) is 45.6 Å². The third kappa shape index (κ3) is 5.01. The maximum absolute atomic E-state index is 9.66. The molecule has 118 valence electrons. The van der Waals surface area contributed by atoms with E-state index in [1.165, 1.54) is 24.8 Å². The van der Waals surface area contributed by atoms with Gasteiger partial charge in [-0.3, -0.25) is 4.90 Å². The van der Waals surface area contributed by atoms with E-state index in [1.54, 1.807) is 6.07 Å². The maximum Gasteiger partial charge on any atom is 0.115 e. The first-order chi connectivity index (χ1) is 10.1. The van der Waals surface area contributed by atoms with Crippen molar-refractivity contribution in [1.29, 1.82) is 0 Å². The van der Waals surface area contributed by atoms with Crippen LogP contribution in [0.5, 0.6) is 5.75 Å². The zero-order chi connectivity index (χ0) is 15.2. The van der Waals surface area contributed by atoms with Crippen molar-refractivity contribution in [2.75, 3.05) is 13.1 Å². The van der Waals surface area contributed by atoms with Crippen LogP contribution in [0.4, 0.5) is 0 Å². The third-order valence-electron chi connectivity index (χ3n) is 4.29. The topological polar surface area (TPSA) is 35.5 Å². The molecule has 1 aliphatic rings. The van der Waals surface area contributed by atoms with E-state index < -0.39 is 0 Å². The van der Waals surface area contributed by atoms with Gasteiger partial charge in [-0.25, -0.2) is 0 Å². The van der Waals surface area contributed by atoms with Crippen LogP contribution < -0.4 is 5.32 Å². The second kappa shape index (κ2) is 7.81. The van der Waals surface area contributed by atoms with Gasteiger partial charge in [0.2, 0.25) is 0 Å². The number of aromatic hydroxyl groups is 1. The van der Waals surface area contributed by atoms with Gasteiger partial charge in [0.25, 0.3) is 0 Å². The Morgan fingerprint density at radius 1 is 1.38 bits per heavy atom. The molecule has 0 saturated carbocycles. The molecule has 2 atom stereocenters. The van der Waals surface area contributed by atoms with E-state index >= 15 is 0 Å². The van der Waals surface area contributed by atoms with Crippen molar-refractivity contribution >= 4 is 0 Å². The van der Waals surface area contributed by atoms with Gasteiger partial charge < -0.3 is 10.4 Å². The van der Waals surface area contributed by atoms with Crippen molar-refractivity contribution in [1.82, 2.24) is 10.2 Å². The number of nitrogens with one attached hydrogen (secondary N) is 1. The summed E-state index contributed by atoms with van der Waals surface area (Å²) in [6.45, 7) is 9.98. The zero-order valence-electron chi connectivity index (χ0n) is 13.7. The Kier molecular flexibility index (Phi) is 6.07. The van der Waals surface area contributed by atoms with E-state index in [2.05, 4.69) is 37.1 Å². The smallest absolute Gasteiger partial charge is 0.115 e. The monoisotopic (exact) mass is 290 g/mol. The van der Waals surface area contributed by atoms with Gasteiger partial charge in [0.1, 0.15) is 5.75 Å². The third-order valence-corrected chi connectivity index (χ3v) is 4.29. The lowest BCUT2D eigenvalue weighted by atomic mass is 9.97.